The van der Waals surface area contributed by atoms with Gasteiger partial charge in [0.1, 0.15) is 0 Å². The van der Waals surface area contributed by atoms with Gasteiger partial charge in [-0.3, -0.25) is 0 Å². The van der Waals surface area contributed by atoms with E-state index in [4.69, 9.17) is 0 Å². The Balaban J connectivity index is 2.48. The van der Waals surface area contributed by atoms with Gasteiger partial charge in [0.15, 0.2) is 0 Å². The molecule has 3 N–H and O–H groups in total. The molecule has 2 nitrogen and oxygen atoms in total. The highest BCUT2D eigenvalue weighted by Gasteiger charge is 1.97. The first-order valence-electron chi connectivity index (χ1n) is 4.40. The van der Waals surface area contributed by atoms with Gasteiger partial charge >= 0.3 is 0 Å². The van der Waals surface area contributed by atoms with Crippen LogP contribution < -0.4 is 10.6 Å². The normalized spacial score (nSPS) is 9.83. The van der Waals surface area contributed by atoms with Gasteiger partial charge in [-0.2, -0.15) is 0 Å². The van der Waals surface area contributed by atoms with Gasteiger partial charge in [0.2, 0.25) is 0 Å². The minimum atomic E-state index is 1.01. The van der Waals surface area contributed by atoms with E-state index in [2.05, 4.69) is 41.9 Å². The Morgan fingerprint density at radius 1 is 1.25 bits per heavy atom. The molecule has 0 aliphatic carbocycles. The first kappa shape index (κ1) is 9.07. The summed E-state index contributed by atoms with van der Waals surface area (Å²) in [4.78, 5) is 2.26. The largest absolute Gasteiger partial charge is 0.374 e. The molecule has 66 valence electrons. The van der Waals surface area contributed by atoms with Crippen LogP contribution in [0.2, 0.25) is 0 Å². The second-order valence-corrected chi connectivity index (χ2v) is 2.96. The predicted octanol–water partition coefficient (Wildman–Crippen LogP) is 0.755. The third kappa shape index (κ3) is 2.55. The van der Waals surface area contributed by atoms with Crippen LogP contribution >= 0.6 is 0 Å². The molecule has 0 saturated carbocycles. The number of quaternary nitrogens is 1. The molecule has 0 amide bonds. The average molecular weight is 165 g/mol. The van der Waals surface area contributed by atoms with E-state index in [1.54, 1.807) is 0 Å². The van der Waals surface area contributed by atoms with Crippen molar-refractivity contribution >= 4 is 5.69 Å². The molecular weight excluding hydrogens is 148 g/mol. The summed E-state index contributed by atoms with van der Waals surface area (Å²) in [5, 5.41) is 0. The molecule has 0 aromatic heterocycles. The highest BCUT2D eigenvalue weighted by Crippen LogP contribution is 2.10. The van der Waals surface area contributed by atoms with Crippen LogP contribution in [0.1, 0.15) is 6.42 Å². The number of hydrogen-bond acceptors (Lipinski definition) is 1. The summed E-state index contributed by atoms with van der Waals surface area (Å²) < 4.78 is 0. The van der Waals surface area contributed by atoms with Crippen LogP contribution in [0, 0.1) is 0 Å². The minimum absolute atomic E-state index is 1.01. The first-order valence-corrected chi connectivity index (χ1v) is 4.40. The van der Waals surface area contributed by atoms with Crippen LogP contribution in [0.4, 0.5) is 5.69 Å². The molecule has 0 aliphatic rings. The lowest BCUT2D eigenvalue weighted by atomic mass is 10.3. The molecule has 0 radical (unpaired) electrons. The van der Waals surface area contributed by atoms with Crippen molar-refractivity contribution in [1.82, 2.24) is 0 Å². The van der Waals surface area contributed by atoms with Gasteiger partial charge in [-0.1, -0.05) is 18.2 Å². The Labute approximate surface area is 74.0 Å². The zero-order valence-corrected chi connectivity index (χ0v) is 7.66. The summed E-state index contributed by atoms with van der Waals surface area (Å²) in [5.74, 6) is 0. The van der Waals surface area contributed by atoms with Crippen LogP contribution in [-0.2, 0) is 0 Å². The van der Waals surface area contributed by atoms with Gasteiger partial charge in [0, 0.05) is 25.7 Å². The average Bonchev–Trinajstić information content (AvgIpc) is 2.15. The number of rotatable bonds is 4. The fourth-order valence-corrected chi connectivity index (χ4v) is 1.16. The number of hydrogen-bond donors (Lipinski definition) is 1. The summed E-state index contributed by atoms with van der Waals surface area (Å²) in [5.41, 5.74) is 5.11. The van der Waals surface area contributed by atoms with Crippen molar-refractivity contribution in [2.24, 2.45) is 0 Å². The standard InChI is InChI=1S/C10H16N2/c1-12(9-5-8-11)10-6-3-2-4-7-10/h2-4,6-7H,5,8-9,11H2,1H3/p+1. The second kappa shape index (κ2) is 4.78. The Kier molecular flexibility index (Phi) is 3.61. The molecule has 1 rings (SSSR count). The lowest BCUT2D eigenvalue weighted by molar-refractivity contribution is -0.367. The summed E-state index contributed by atoms with van der Waals surface area (Å²) >= 11 is 0. The van der Waals surface area contributed by atoms with E-state index in [1.165, 1.54) is 5.69 Å². The van der Waals surface area contributed by atoms with E-state index in [9.17, 15) is 0 Å². The molecule has 0 atom stereocenters. The fourth-order valence-electron chi connectivity index (χ4n) is 1.16. The fraction of sp³-hybridized carbons (Fsp3) is 0.400. The van der Waals surface area contributed by atoms with Crippen molar-refractivity contribution in [2.75, 3.05) is 25.0 Å². The molecular formula is C10H17N2+. The lowest BCUT2D eigenvalue weighted by Crippen LogP contribution is -2.51. The van der Waals surface area contributed by atoms with Crippen molar-refractivity contribution in [2.45, 2.75) is 6.42 Å². The van der Waals surface area contributed by atoms with Crippen LogP contribution in [0.3, 0.4) is 0 Å². The first-order chi connectivity index (χ1) is 5.84. The van der Waals surface area contributed by atoms with Crippen molar-refractivity contribution in [3.8, 4) is 0 Å². The smallest absolute Gasteiger partial charge is 0.0756 e. The van der Waals surface area contributed by atoms with Crippen LogP contribution in [0.25, 0.3) is 0 Å². The summed E-state index contributed by atoms with van der Waals surface area (Å²) in [7, 11) is 2.12. The zero-order chi connectivity index (χ0) is 8.81. The van der Waals surface area contributed by atoms with Crippen LogP contribution in [-0.4, -0.2) is 20.1 Å². The molecule has 0 spiro atoms. The maximum atomic E-state index is 3.82. The van der Waals surface area contributed by atoms with E-state index in [1.807, 2.05) is 6.07 Å². The van der Waals surface area contributed by atoms with Crippen molar-refractivity contribution in [3.63, 3.8) is 0 Å². The maximum absolute atomic E-state index is 3.82. The molecule has 0 aliphatic heterocycles. The molecule has 0 bridgehead atoms. The van der Waals surface area contributed by atoms with Crippen molar-refractivity contribution < 1.29 is 5.73 Å². The van der Waals surface area contributed by atoms with Gasteiger partial charge in [-0.05, 0) is 12.1 Å². The molecule has 2 heteroatoms. The number of anilines is 1. The van der Waals surface area contributed by atoms with E-state index < -0.39 is 0 Å². The topological polar surface area (TPSA) is 30.9 Å². The third-order valence-electron chi connectivity index (χ3n) is 1.94. The van der Waals surface area contributed by atoms with E-state index in [0.717, 1.165) is 19.5 Å². The van der Waals surface area contributed by atoms with Gasteiger partial charge in [0.25, 0.3) is 0 Å². The Morgan fingerprint density at radius 3 is 2.50 bits per heavy atom. The van der Waals surface area contributed by atoms with Crippen LogP contribution in [0.15, 0.2) is 30.3 Å². The molecule has 1 aromatic rings. The highest BCUT2D eigenvalue weighted by molar-refractivity contribution is 5.44. The van der Waals surface area contributed by atoms with E-state index in [0.29, 0.717) is 0 Å². The number of para-hydroxylation sites is 1. The molecule has 0 saturated heterocycles. The predicted molar refractivity (Wildman–Crippen MR) is 52.1 cm³/mol. The minimum Gasteiger partial charge on any atom is -0.374 e. The van der Waals surface area contributed by atoms with Gasteiger partial charge in [-0.15, -0.1) is 0 Å². The Morgan fingerprint density at radius 2 is 1.92 bits per heavy atom. The SMILES string of the molecule is CN(CCC[NH3+])c1ccccc1. The van der Waals surface area contributed by atoms with Gasteiger partial charge in [0.05, 0.1) is 6.54 Å². The summed E-state index contributed by atoms with van der Waals surface area (Å²) in [6.45, 7) is 2.10. The summed E-state index contributed by atoms with van der Waals surface area (Å²) in [6, 6.07) is 10.4. The monoisotopic (exact) mass is 165 g/mol. The third-order valence-corrected chi connectivity index (χ3v) is 1.94. The zero-order valence-electron chi connectivity index (χ0n) is 7.66. The lowest BCUT2D eigenvalue weighted by Gasteiger charge is -2.17. The molecule has 0 fully saturated rings. The van der Waals surface area contributed by atoms with E-state index in [-0.39, 0.29) is 0 Å². The molecule has 0 unspecified atom stereocenters. The van der Waals surface area contributed by atoms with Gasteiger partial charge in [-0.25, -0.2) is 0 Å². The number of nitrogens with zero attached hydrogens (tertiary/aromatic N) is 1. The molecule has 12 heavy (non-hydrogen) atoms. The summed E-state index contributed by atoms with van der Waals surface area (Å²) in [6.07, 6.45) is 1.16. The molecule has 1 aromatic carbocycles. The number of benzene rings is 1. The van der Waals surface area contributed by atoms with Crippen LogP contribution in [0.5, 0.6) is 0 Å². The van der Waals surface area contributed by atoms with Crippen molar-refractivity contribution in [1.29, 1.82) is 0 Å². The van der Waals surface area contributed by atoms with Crippen molar-refractivity contribution in [3.05, 3.63) is 30.3 Å². The highest BCUT2D eigenvalue weighted by atomic mass is 15.1. The molecule has 0 heterocycles. The Hall–Kier alpha value is -1.02. The van der Waals surface area contributed by atoms with E-state index >= 15 is 0 Å². The second-order valence-electron chi connectivity index (χ2n) is 2.96. The van der Waals surface area contributed by atoms with Gasteiger partial charge < -0.3 is 10.6 Å². The quantitative estimate of drug-likeness (QED) is 0.701. The Bertz CT molecular complexity index is 208. The maximum Gasteiger partial charge on any atom is 0.0756 e.